The van der Waals surface area contributed by atoms with Crippen LogP contribution >= 0.6 is 0 Å². The van der Waals surface area contributed by atoms with Gasteiger partial charge in [0.1, 0.15) is 11.6 Å². The predicted molar refractivity (Wildman–Crippen MR) is 103 cm³/mol. The van der Waals surface area contributed by atoms with E-state index in [0.717, 1.165) is 16.9 Å². The zero-order valence-electron chi connectivity index (χ0n) is 15.3. The molecule has 3 aromatic rings. The summed E-state index contributed by atoms with van der Waals surface area (Å²) in [5.41, 5.74) is 2.29. The number of carbonyl (C=O) groups excluding carboxylic acids is 2. The number of para-hydroxylation sites is 2. The Morgan fingerprint density at radius 3 is 2.54 bits per heavy atom. The summed E-state index contributed by atoms with van der Waals surface area (Å²) in [6, 6.07) is 13.3. The number of aromatic amines is 1. The number of halogens is 1. The maximum atomic E-state index is 13.0. The number of nitrogens with one attached hydrogen (secondary N) is 2. The van der Waals surface area contributed by atoms with Crippen LogP contribution < -0.4 is 5.32 Å². The van der Waals surface area contributed by atoms with Crippen LogP contribution in [0.15, 0.2) is 48.5 Å². The first-order valence-electron chi connectivity index (χ1n) is 9.36. The second-order valence-electron chi connectivity index (χ2n) is 6.99. The Labute approximate surface area is 161 Å². The molecule has 1 fully saturated rings. The summed E-state index contributed by atoms with van der Waals surface area (Å²) in [6.45, 7) is 1.38. The number of aromatic nitrogens is 2. The van der Waals surface area contributed by atoms with Crippen molar-refractivity contribution in [1.29, 1.82) is 0 Å². The van der Waals surface area contributed by atoms with E-state index in [4.69, 9.17) is 0 Å². The monoisotopic (exact) mass is 380 g/mol. The molecule has 2 heterocycles. The Hall–Kier alpha value is -3.22. The minimum atomic E-state index is -0.364. The van der Waals surface area contributed by atoms with Crippen LogP contribution in [0.25, 0.3) is 11.0 Å². The topological polar surface area (TPSA) is 78.1 Å². The van der Waals surface area contributed by atoms with E-state index in [9.17, 15) is 14.0 Å². The Balaban J connectivity index is 1.28. The van der Waals surface area contributed by atoms with Crippen molar-refractivity contribution in [2.75, 3.05) is 13.1 Å². The molecule has 7 heteroatoms. The van der Waals surface area contributed by atoms with Crippen molar-refractivity contribution in [3.05, 3.63) is 65.7 Å². The number of rotatable bonds is 4. The molecule has 2 aromatic carbocycles. The van der Waals surface area contributed by atoms with Crippen LogP contribution in [0.5, 0.6) is 0 Å². The van der Waals surface area contributed by atoms with Gasteiger partial charge in [0.2, 0.25) is 5.91 Å². The van der Waals surface area contributed by atoms with Gasteiger partial charge in [0.05, 0.1) is 17.6 Å². The second kappa shape index (κ2) is 7.80. The van der Waals surface area contributed by atoms with Crippen molar-refractivity contribution in [1.82, 2.24) is 20.2 Å². The van der Waals surface area contributed by atoms with E-state index in [0.29, 0.717) is 38.0 Å². The van der Waals surface area contributed by atoms with Gasteiger partial charge in [-0.05, 0) is 49.2 Å². The average molecular weight is 380 g/mol. The highest BCUT2D eigenvalue weighted by molar-refractivity contribution is 5.94. The van der Waals surface area contributed by atoms with E-state index in [2.05, 4.69) is 15.3 Å². The molecule has 0 saturated carbocycles. The number of H-pyrrole nitrogens is 1. The fourth-order valence-corrected chi connectivity index (χ4v) is 3.52. The minimum absolute atomic E-state index is 0.0191. The highest BCUT2D eigenvalue weighted by Crippen LogP contribution is 2.20. The lowest BCUT2D eigenvalue weighted by Crippen LogP contribution is -2.43. The molecule has 2 N–H and O–H groups in total. The summed E-state index contributed by atoms with van der Waals surface area (Å²) in [5.74, 6) is 0.0898. The van der Waals surface area contributed by atoms with Crippen LogP contribution in [-0.4, -0.2) is 39.8 Å². The zero-order valence-corrected chi connectivity index (χ0v) is 15.3. The smallest absolute Gasteiger partial charge is 0.253 e. The summed E-state index contributed by atoms with van der Waals surface area (Å²) >= 11 is 0. The summed E-state index contributed by atoms with van der Waals surface area (Å²) in [4.78, 5) is 34.3. The standard InChI is InChI=1S/C21H21FN4O2/c22-16-7-5-15(6-8-16)21(28)26-11-9-14(10-12-26)20(27)23-13-19-24-17-3-1-2-4-18(17)25-19/h1-8,14H,9-13H2,(H,23,27)(H,24,25). The molecule has 0 bridgehead atoms. The summed E-state index contributed by atoms with van der Waals surface area (Å²) in [6.07, 6.45) is 1.22. The fraction of sp³-hybridized carbons (Fsp3) is 0.286. The van der Waals surface area contributed by atoms with Gasteiger partial charge in [-0.25, -0.2) is 9.37 Å². The van der Waals surface area contributed by atoms with Gasteiger partial charge >= 0.3 is 0 Å². The number of likely N-dealkylation sites (tertiary alicyclic amines) is 1. The first-order valence-corrected chi connectivity index (χ1v) is 9.36. The molecule has 2 amide bonds. The number of amides is 2. The predicted octanol–water partition coefficient (Wildman–Crippen LogP) is 2.87. The third kappa shape index (κ3) is 3.88. The second-order valence-corrected chi connectivity index (χ2v) is 6.99. The Morgan fingerprint density at radius 2 is 1.82 bits per heavy atom. The van der Waals surface area contributed by atoms with Gasteiger partial charge in [-0.2, -0.15) is 0 Å². The van der Waals surface area contributed by atoms with Crippen molar-refractivity contribution in [3.8, 4) is 0 Å². The SMILES string of the molecule is O=C(NCc1nc2ccccc2[nH]1)C1CCN(C(=O)c2ccc(F)cc2)CC1. The van der Waals surface area contributed by atoms with Gasteiger partial charge in [0.15, 0.2) is 0 Å². The van der Waals surface area contributed by atoms with Crippen LogP contribution in [0.4, 0.5) is 4.39 Å². The highest BCUT2D eigenvalue weighted by Gasteiger charge is 2.27. The van der Waals surface area contributed by atoms with Crippen LogP contribution in [-0.2, 0) is 11.3 Å². The van der Waals surface area contributed by atoms with E-state index in [1.165, 1.54) is 24.3 Å². The Bertz CT molecular complexity index is 958. The molecular formula is C21H21FN4O2. The van der Waals surface area contributed by atoms with E-state index < -0.39 is 0 Å². The van der Waals surface area contributed by atoms with Crippen molar-refractivity contribution in [2.24, 2.45) is 5.92 Å². The largest absolute Gasteiger partial charge is 0.349 e. The van der Waals surface area contributed by atoms with Gasteiger partial charge < -0.3 is 15.2 Å². The van der Waals surface area contributed by atoms with Crippen LogP contribution in [0.3, 0.4) is 0 Å². The van der Waals surface area contributed by atoms with E-state index in [-0.39, 0.29) is 23.5 Å². The van der Waals surface area contributed by atoms with Gasteiger partial charge in [-0.1, -0.05) is 12.1 Å². The number of nitrogens with zero attached hydrogens (tertiary/aromatic N) is 2. The molecular weight excluding hydrogens is 359 g/mol. The number of imidazole rings is 1. The molecule has 28 heavy (non-hydrogen) atoms. The van der Waals surface area contributed by atoms with Crippen molar-refractivity contribution in [3.63, 3.8) is 0 Å². The number of benzene rings is 2. The molecule has 0 radical (unpaired) electrons. The Kier molecular flexibility index (Phi) is 5.06. The number of fused-ring (bicyclic) bond motifs is 1. The zero-order chi connectivity index (χ0) is 19.5. The number of hydrogen-bond donors (Lipinski definition) is 2. The fourth-order valence-electron chi connectivity index (χ4n) is 3.52. The summed E-state index contributed by atoms with van der Waals surface area (Å²) in [5, 5.41) is 2.93. The molecule has 0 aliphatic carbocycles. The molecule has 0 unspecified atom stereocenters. The first-order chi connectivity index (χ1) is 13.6. The van der Waals surface area contributed by atoms with Gasteiger partial charge in [-0.3, -0.25) is 9.59 Å². The van der Waals surface area contributed by atoms with Gasteiger partial charge in [0.25, 0.3) is 5.91 Å². The van der Waals surface area contributed by atoms with E-state index >= 15 is 0 Å². The quantitative estimate of drug-likeness (QED) is 0.731. The molecule has 6 nitrogen and oxygen atoms in total. The lowest BCUT2D eigenvalue weighted by molar-refractivity contribution is -0.126. The van der Waals surface area contributed by atoms with Crippen molar-refractivity contribution < 1.29 is 14.0 Å². The molecule has 0 atom stereocenters. The highest BCUT2D eigenvalue weighted by atomic mass is 19.1. The third-order valence-corrected chi connectivity index (χ3v) is 5.11. The maximum Gasteiger partial charge on any atom is 0.253 e. The summed E-state index contributed by atoms with van der Waals surface area (Å²) < 4.78 is 13.0. The normalized spacial score (nSPS) is 15.0. The third-order valence-electron chi connectivity index (χ3n) is 5.11. The van der Waals surface area contributed by atoms with Crippen molar-refractivity contribution in [2.45, 2.75) is 19.4 Å². The number of piperidine rings is 1. The molecule has 144 valence electrons. The van der Waals surface area contributed by atoms with Crippen molar-refractivity contribution >= 4 is 22.8 Å². The van der Waals surface area contributed by atoms with Crippen LogP contribution in [0.2, 0.25) is 0 Å². The number of hydrogen-bond acceptors (Lipinski definition) is 3. The molecule has 1 aliphatic rings. The molecule has 1 aliphatic heterocycles. The average Bonchev–Trinajstić information content (AvgIpc) is 3.15. The molecule has 0 spiro atoms. The Morgan fingerprint density at radius 1 is 1.11 bits per heavy atom. The molecule has 1 aromatic heterocycles. The lowest BCUT2D eigenvalue weighted by atomic mass is 9.95. The lowest BCUT2D eigenvalue weighted by Gasteiger charge is -2.31. The number of carbonyl (C=O) groups is 2. The summed E-state index contributed by atoms with van der Waals surface area (Å²) in [7, 11) is 0. The minimum Gasteiger partial charge on any atom is -0.349 e. The first kappa shape index (κ1) is 18.2. The molecule has 4 rings (SSSR count). The van der Waals surface area contributed by atoms with Crippen LogP contribution in [0.1, 0.15) is 29.0 Å². The van der Waals surface area contributed by atoms with E-state index in [1.54, 1.807) is 4.90 Å². The van der Waals surface area contributed by atoms with E-state index in [1.807, 2.05) is 24.3 Å². The van der Waals surface area contributed by atoms with Gasteiger partial charge in [0, 0.05) is 24.6 Å². The molecule has 1 saturated heterocycles. The van der Waals surface area contributed by atoms with Gasteiger partial charge in [-0.15, -0.1) is 0 Å². The van der Waals surface area contributed by atoms with Crippen LogP contribution in [0, 0.1) is 11.7 Å². The maximum absolute atomic E-state index is 13.0.